The van der Waals surface area contributed by atoms with Crippen molar-refractivity contribution in [1.82, 2.24) is 10.6 Å². The molecule has 4 nitrogen and oxygen atoms in total. The summed E-state index contributed by atoms with van der Waals surface area (Å²) < 4.78 is 0. The number of nitrogens with one attached hydrogen (secondary N) is 2. The number of benzene rings is 1. The van der Waals surface area contributed by atoms with E-state index in [9.17, 15) is 9.59 Å². The standard InChI is InChI=1S/C12H13Cl3N2O2/c13-5-3-11(18)17-12(19)16-6-4-8-1-2-9(14)7-10(8)15/h1-2,7H,3-6H2,(H2,16,17,18,19). The van der Waals surface area contributed by atoms with E-state index in [0.717, 1.165) is 5.56 Å². The highest BCUT2D eigenvalue weighted by Gasteiger charge is 2.07. The molecule has 1 rings (SSSR count). The van der Waals surface area contributed by atoms with Crippen molar-refractivity contribution >= 4 is 46.7 Å². The molecule has 0 spiro atoms. The summed E-state index contributed by atoms with van der Waals surface area (Å²) >= 11 is 17.1. The van der Waals surface area contributed by atoms with Crippen LogP contribution in [0.1, 0.15) is 12.0 Å². The van der Waals surface area contributed by atoms with E-state index < -0.39 is 11.9 Å². The summed E-state index contributed by atoms with van der Waals surface area (Å²) in [6, 6.07) is 4.62. The van der Waals surface area contributed by atoms with Crippen molar-refractivity contribution in [2.24, 2.45) is 0 Å². The molecule has 0 saturated carbocycles. The first-order valence-electron chi connectivity index (χ1n) is 5.60. The summed E-state index contributed by atoms with van der Waals surface area (Å²) in [5, 5.41) is 5.83. The second-order valence-corrected chi connectivity index (χ2v) is 4.95. The first-order chi connectivity index (χ1) is 9.02. The van der Waals surface area contributed by atoms with E-state index in [4.69, 9.17) is 34.8 Å². The van der Waals surface area contributed by atoms with Gasteiger partial charge in [0.15, 0.2) is 0 Å². The molecule has 0 heterocycles. The van der Waals surface area contributed by atoms with E-state index in [2.05, 4.69) is 10.6 Å². The zero-order valence-corrected chi connectivity index (χ0v) is 12.3. The predicted octanol–water partition coefficient (Wildman–Crippen LogP) is 2.99. The van der Waals surface area contributed by atoms with Crippen molar-refractivity contribution in [3.8, 4) is 0 Å². The van der Waals surface area contributed by atoms with Gasteiger partial charge in [0.05, 0.1) is 0 Å². The topological polar surface area (TPSA) is 58.2 Å². The van der Waals surface area contributed by atoms with Crippen LogP contribution in [-0.4, -0.2) is 24.4 Å². The van der Waals surface area contributed by atoms with Crippen LogP contribution < -0.4 is 10.6 Å². The van der Waals surface area contributed by atoms with Crippen molar-refractivity contribution in [2.45, 2.75) is 12.8 Å². The van der Waals surface area contributed by atoms with Gasteiger partial charge in [-0.25, -0.2) is 4.79 Å². The normalized spacial score (nSPS) is 10.1. The summed E-state index contributed by atoms with van der Waals surface area (Å²) in [4.78, 5) is 22.4. The van der Waals surface area contributed by atoms with E-state index in [1.54, 1.807) is 18.2 Å². The Balaban J connectivity index is 2.33. The van der Waals surface area contributed by atoms with Gasteiger partial charge in [0, 0.05) is 28.9 Å². The first-order valence-corrected chi connectivity index (χ1v) is 6.89. The molecule has 7 heteroatoms. The van der Waals surface area contributed by atoms with Crippen LogP contribution in [0.25, 0.3) is 0 Å². The molecule has 0 unspecified atom stereocenters. The van der Waals surface area contributed by atoms with Gasteiger partial charge < -0.3 is 5.32 Å². The fourth-order valence-electron chi connectivity index (χ4n) is 1.35. The lowest BCUT2D eigenvalue weighted by atomic mass is 10.1. The Morgan fingerprint density at radius 2 is 1.95 bits per heavy atom. The molecule has 0 radical (unpaired) electrons. The molecular weight excluding hydrogens is 311 g/mol. The van der Waals surface area contributed by atoms with Gasteiger partial charge in [-0.2, -0.15) is 0 Å². The molecule has 2 N–H and O–H groups in total. The second-order valence-electron chi connectivity index (χ2n) is 3.73. The maximum Gasteiger partial charge on any atom is 0.321 e. The molecule has 0 fully saturated rings. The largest absolute Gasteiger partial charge is 0.337 e. The predicted molar refractivity (Wildman–Crippen MR) is 77.0 cm³/mol. The van der Waals surface area contributed by atoms with E-state index in [0.29, 0.717) is 23.0 Å². The highest BCUT2D eigenvalue weighted by atomic mass is 35.5. The summed E-state index contributed by atoms with van der Waals surface area (Å²) in [6.07, 6.45) is 0.658. The molecular formula is C12H13Cl3N2O2. The minimum Gasteiger partial charge on any atom is -0.337 e. The van der Waals surface area contributed by atoms with Crippen molar-refractivity contribution in [3.05, 3.63) is 33.8 Å². The fourth-order valence-corrected chi connectivity index (χ4v) is 2.03. The molecule has 3 amide bonds. The molecule has 0 aromatic heterocycles. The third-order valence-corrected chi connectivity index (χ3v) is 3.05. The number of halogens is 3. The SMILES string of the molecule is O=C(CCCl)NC(=O)NCCc1ccc(Cl)cc1Cl. The number of carbonyl (C=O) groups is 2. The zero-order valence-electron chi connectivity index (χ0n) is 10.0. The average molecular weight is 324 g/mol. The summed E-state index contributed by atoms with van der Waals surface area (Å²) in [7, 11) is 0. The Labute approximate surface area is 126 Å². The zero-order chi connectivity index (χ0) is 14.3. The third-order valence-electron chi connectivity index (χ3n) is 2.27. The van der Waals surface area contributed by atoms with Crippen LogP contribution in [0.15, 0.2) is 18.2 Å². The summed E-state index contributed by atoms with van der Waals surface area (Å²) in [6.45, 7) is 0.362. The molecule has 0 saturated heterocycles. The van der Waals surface area contributed by atoms with Crippen molar-refractivity contribution in [1.29, 1.82) is 0 Å². The molecule has 0 aliphatic carbocycles. The van der Waals surface area contributed by atoms with Crippen molar-refractivity contribution in [2.75, 3.05) is 12.4 Å². The first kappa shape index (κ1) is 16.1. The van der Waals surface area contributed by atoms with Crippen molar-refractivity contribution in [3.63, 3.8) is 0 Å². The third kappa shape index (κ3) is 6.14. The van der Waals surface area contributed by atoms with Gasteiger partial charge in [0.25, 0.3) is 0 Å². The van der Waals surface area contributed by atoms with Crippen LogP contribution in [0.5, 0.6) is 0 Å². The highest BCUT2D eigenvalue weighted by molar-refractivity contribution is 6.35. The van der Waals surface area contributed by atoms with Gasteiger partial charge in [-0.05, 0) is 24.1 Å². The van der Waals surface area contributed by atoms with Gasteiger partial charge in [-0.15, -0.1) is 11.6 Å². The Hall–Kier alpha value is -0.970. The van der Waals surface area contributed by atoms with Crippen LogP contribution in [0, 0.1) is 0 Å². The van der Waals surface area contributed by atoms with E-state index in [1.807, 2.05) is 0 Å². The Bertz CT molecular complexity index is 466. The summed E-state index contributed by atoms with van der Waals surface area (Å²) in [5.74, 6) is -0.225. The van der Waals surface area contributed by atoms with E-state index in [1.165, 1.54) is 0 Å². The Morgan fingerprint density at radius 1 is 1.21 bits per heavy atom. The Kier molecular flexibility index (Phi) is 6.99. The maximum atomic E-state index is 11.3. The lowest BCUT2D eigenvalue weighted by Crippen LogP contribution is -2.40. The summed E-state index contributed by atoms with van der Waals surface area (Å²) in [5.41, 5.74) is 0.874. The van der Waals surface area contributed by atoms with Crippen LogP contribution in [0.2, 0.25) is 10.0 Å². The minimum atomic E-state index is -0.541. The monoisotopic (exact) mass is 322 g/mol. The minimum absolute atomic E-state index is 0.109. The lowest BCUT2D eigenvalue weighted by Gasteiger charge is -2.07. The molecule has 19 heavy (non-hydrogen) atoms. The molecule has 0 aliphatic rings. The van der Waals surface area contributed by atoms with Gasteiger partial charge in [0.2, 0.25) is 5.91 Å². The number of imide groups is 1. The van der Waals surface area contributed by atoms with E-state index in [-0.39, 0.29) is 12.3 Å². The van der Waals surface area contributed by atoms with Crippen LogP contribution in [0.4, 0.5) is 4.79 Å². The maximum absolute atomic E-state index is 11.3. The number of urea groups is 1. The molecule has 1 aromatic rings. The van der Waals surface area contributed by atoms with Crippen molar-refractivity contribution < 1.29 is 9.59 Å². The number of alkyl halides is 1. The van der Waals surface area contributed by atoms with Crippen LogP contribution >= 0.6 is 34.8 Å². The van der Waals surface area contributed by atoms with Gasteiger partial charge in [-0.3, -0.25) is 10.1 Å². The number of rotatable bonds is 5. The number of hydrogen-bond acceptors (Lipinski definition) is 2. The number of amides is 3. The van der Waals surface area contributed by atoms with Crippen LogP contribution in [0.3, 0.4) is 0 Å². The highest BCUT2D eigenvalue weighted by Crippen LogP contribution is 2.20. The molecule has 104 valence electrons. The quantitative estimate of drug-likeness (QED) is 0.818. The van der Waals surface area contributed by atoms with Gasteiger partial charge in [0.1, 0.15) is 0 Å². The molecule has 1 aromatic carbocycles. The van der Waals surface area contributed by atoms with Gasteiger partial charge >= 0.3 is 6.03 Å². The molecule has 0 atom stereocenters. The smallest absolute Gasteiger partial charge is 0.321 e. The van der Waals surface area contributed by atoms with Crippen LogP contribution in [-0.2, 0) is 11.2 Å². The number of carbonyl (C=O) groups excluding carboxylic acids is 2. The van der Waals surface area contributed by atoms with E-state index >= 15 is 0 Å². The Morgan fingerprint density at radius 3 is 2.58 bits per heavy atom. The number of hydrogen-bond donors (Lipinski definition) is 2. The van der Waals surface area contributed by atoms with Gasteiger partial charge in [-0.1, -0.05) is 29.3 Å². The molecule has 0 bridgehead atoms. The average Bonchev–Trinajstić information content (AvgIpc) is 2.32. The lowest BCUT2D eigenvalue weighted by molar-refractivity contribution is -0.119. The second kappa shape index (κ2) is 8.25. The fraction of sp³-hybridized carbons (Fsp3) is 0.333. The molecule has 0 aliphatic heterocycles.